The fraction of sp³-hybridized carbons (Fsp3) is 0.286. The molecule has 0 aromatic heterocycles. The largest absolute Gasteiger partial charge is 0.336 e. The quantitative estimate of drug-likeness (QED) is 0.580. The van der Waals surface area contributed by atoms with Crippen molar-refractivity contribution in [1.29, 1.82) is 0 Å². The van der Waals surface area contributed by atoms with Crippen LogP contribution in [0.3, 0.4) is 0 Å². The van der Waals surface area contributed by atoms with Crippen LogP contribution < -0.4 is 0 Å². The number of nitrogens with zero attached hydrogens (tertiary/aromatic N) is 2. The van der Waals surface area contributed by atoms with E-state index < -0.39 is 36.6 Å². The van der Waals surface area contributed by atoms with Gasteiger partial charge in [0.15, 0.2) is 6.30 Å². The third-order valence-corrected chi connectivity index (χ3v) is 4.59. The summed E-state index contributed by atoms with van der Waals surface area (Å²) in [6, 6.07) is 16.8. The average molecular weight is 368 g/mol. The Morgan fingerprint density at radius 2 is 1.30 bits per heavy atom. The minimum atomic E-state index is -1.81. The van der Waals surface area contributed by atoms with Crippen molar-refractivity contribution in [2.75, 3.05) is 0 Å². The predicted octanol–water partition coefficient (Wildman–Crippen LogP) is 3.34. The van der Waals surface area contributed by atoms with Crippen molar-refractivity contribution in [1.82, 2.24) is 9.80 Å². The minimum absolute atomic E-state index is 0.104. The van der Waals surface area contributed by atoms with E-state index in [4.69, 9.17) is 0 Å². The number of rotatable bonds is 6. The number of hydrogen-bond donors (Lipinski definition) is 0. The minimum Gasteiger partial charge on any atom is -0.274 e. The van der Waals surface area contributed by atoms with E-state index in [2.05, 4.69) is 0 Å². The molecule has 0 N–H and O–H groups in total. The Morgan fingerprint density at radius 1 is 0.815 bits per heavy atom. The number of barbiturate groups is 1. The van der Waals surface area contributed by atoms with E-state index in [0.717, 1.165) is 10.5 Å². The van der Waals surface area contributed by atoms with Gasteiger partial charge in [0.05, 0.1) is 0 Å². The van der Waals surface area contributed by atoms with Gasteiger partial charge < -0.3 is 0 Å². The summed E-state index contributed by atoms with van der Waals surface area (Å²) in [7, 11) is 0. The Labute approximate surface area is 157 Å². The van der Waals surface area contributed by atoms with Crippen molar-refractivity contribution >= 4 is 17.8 Å². The number of urea groups is 1. The van der Waals surface area contributed by atoms with E-state index >= 15 is 0 Å². The summed E-state index contributed by atoms with van der Waals surface area (Å²) >= 11 is 0. The van der Waals surface area contributed by atoms with Gasteiger partial charge in [0.1, 0.15) is 6.42 Å². The monoisotopic (exact) mass is 368 g/mol. The average Bonchev–Trinajstić information content (AvgIpc) is 2.63. The molecular weight excluding hydrogens is 347 g/mol. The van der Waals surface area contributed by atoms with Crippen LogP contribution in [0.4, 0.5) is 9.18 Å². The van der Waals surface area contributed by atoms with Gasteiger partial charge in [-0.05, 0) is 24.5 Å². The first-order valence-corrected chi connectivity index (χ1v) is 8.87. The van der Waals surface area contributed by atoms with Gasteiger partial charge in [0.2, 0.25) is 11.8 Å². The summed E-state index contributed by atoms with van der Waals surface area (Å²) in [5.74, 6) is -1.38. The van der Waals surface area contributed by atoms with Crippen LogP contribution in [0.1, 0.15) is 24.5 Å². The lowest BCUT2D eigenvalue weighted by atomic mass is 10.0. The molecule has 2 atom stereocenters. The lowest BCUT2D eigenvalue weighted by molar-refractivity contribution is -0.147. The van der Waals surface area contributed by atoms with Gasteiger partial charge in [-0.15, -0.1) is 0 Å². The molecule has 0 aliphatic carbocycles. The van der Waals surface area contributed by atoms with Gasteiger partial charge in [-0.1, -0.05) is 60.7 Å². The normalized spacial score (nSPS) is 17.2. The van der Waals surface area contributed by atoms with Gasteiger partial charge in [0.25, 0.3) is 0 Å². The molecule has 0 radical (unpaired) electrons. The molecule has 0 spiro atoms. The lowest BCUT2D eigenvalue weighted by Crippen LogP contribution is -2.60. The molecule has 0 saturated carbocycles. The maximum absolute atomic E-state index is 14.8. The summed E-state index contributed by atoms with van der Waals surface area (Å²) < 4.78 is 14.8. The van der Waals surface area contributed by atoms with E-state index in [0.29, 0.717) is 16.9 Å². The van der Waals surface area contributed by atoms with Gasteiger partial charge in [-0.25, -0.2) is 14.1 Å². The topological polar surface area (TPSA) is 57.7 Å². The second-order valence-electron chi connectivity index (χ2n) is 6.65. The molecule has 5 nitrogen and oxygen atoms in total. The summed E-state index contributed by atoms with van der Waals surface area (Å²) in [6.45, 7) is 1.72. The third kappa shape index (κ3) is 4.22. The van der Waals surface area contributed by atoms with E-state index in [9.17, 15) is 18.8 Å². The van der Waals surface area contributed by atoms with E-state index in [1.807, 2.05) is 30.3 Å². The van der Waals surface area contributed by atoms with Crippen molar-refractivity contribution in [3.63, 3.8) is 0 Å². The van der Waals surface area contributed by atoms with Crippen LogP contribution in [-0.4, -0.2) is 40.0 Å². The molecule has 2 aromatic rings. The fourth-order valence-electron chi connectivity index (χ4n) is 3.29. The maximum atomic E-state index is 14.8. The van der Waals surface area contributed by atoms with Crippen LogP contribution in [0, 0.1) is 0 Å². The highest BCUT2D eigenvalue weighted by atomic mass is 19.1. The highest BCUT2D eigenvalue weighted by Crippen LogP contribution is 2.22. The SMILES string of the molecule is C[C@H](Cc1ccccc1)N1C(=O)CC(=O)N([C@H](F)Cc2ccccc2)C1=O. The van der Waals surface area contributed by atoms with Crippen LogP contribution in [0.2, 0.25) is 0 Å². The molecule has 0 unspecified atom stereocenters. The van der Waals surface area contributed by atoms with Crippen LogP contribution in [-0.2, 0) is 22.4 Å². The molecule has 27 heavy (non-hydrogen) atoms. The number of halogens is 1. The first kappa shape index (κ1) is 18.8. The molecule has 1 aliphatic heterocycles. The van der Waals surface area contributed by atoms with Crippen LogP contribution >= 0.6 is 0 Å². The number of benzene rings is 2. The number of hydrogen-bond acceptors (Lipinski definition) is 3. The first-order valence-electron chi connectivity index (χ1n) is 8.87. The standard InChI is InChI=1S/C21H21FN2O3/c1-15(12-16-8-4-2-5-9-16)23-19(25)14-20(26)24(21(23)27)18(22)13-17-10-6-3-7-11-17/h2-11,15,18H,12-14H2,1H3/t15-,18+/m1/s1. The highest BCUT2D eigenvalue weighted by Gasteiger charge is 2.43. The Hall–Kier alpha value is -3.02. The van der Waals surface area contributed by atoms with Crippen molar-refractivity contribution < 1.29 is 18.8 Å². The van der Waals surface area contributed by atoms with Crippen molar-refractivity contribution in [3.05, 3.63) is 71.8 Å². The molecule has 2 aromatic carbocycles. The Morgan fingerprint density at radius 3 is 1.85 bits per heavy atom. The first-order chi connectivity index (χ1) is 13.0. The van der Waals surface area contributed by atoms with Gasteiger partial charge in [0, 0.05) is 12.5 Å². The summed E-state index contributed by atoms with van der Waals surface area (Å²) in [5, 5.41) is 0. The van der Waals surface area contributed by atoms with E-state index in [1.165, 1.54) is 0 Å². The number of carbonyl (C=O) groups is 3. The zero-order valence-electron chi connectivity index (χ0n) is 15.0. The van der Waals surface area contributed by atoms with Crippen LogP contribution in [0.5, 0.6) is 0 Å². The molecule has 0 bridgehead atoms. The number of carbonyl (C=O) groups excluding carboxylic acids is 3. The summed E-state index contributed by atoms with van der Waals surface area (Å²) in [5.41, 5.74) is 1.63. The highest BCUT2D eigenvalue weighted by molar-refractivity contribution is 6.14. The Bertz CT molecular complexity index is 758. The summed E-state index contributed by atoms with van der Waals surface area (Å²) in [4.78, 5) is 38.9. The molecule has 6 heteroatoms. The smallest absolute Gasteiger partial charge is 0.274 e. The molecule has 1 saturated heterocycles. The fourth-order valence-corrected chi connectivity index (χ4v) is 3.29. The lowest BCUT2D eigenvalue weighted by Gasteiger charge is -2.37. The number of imide groups is 2. The molecule has 1 fully saturated rings. The maximum Gasteiger partial charge on any atom is 0.336 e. The van der Waals surface area contributed by atoms with E-state index in [-0.39, 0.29) is 6.42 Å². The Kier molecular flexibility index (Phi) is 5.64. The molecule has 4 amide bonds. The van der Waals surface area contributed by atoms with E-state index in [1.54, 1.807) is 37.3 Å². The van der Waals surface area contributed by atoms with Gasteiger partial charge in [-0.2, -0.15) is 0 Å². The van der Waals surface area contributed by atoms with Gasteiger partial charge >= 0.3 is 6.03 Å². The molecule has 1 aliphatic rings. The third-order valence-electron chi connectivity index (χ3n) is 4.59. The molecule has 1 heterocycles. The zero-order chi connectivity index (χ0) is 19.4. The second-order valence-corrected chi connectivity index (χ2v) is 6.65. The van der Waals surface area contributed by atoms with Crippen LogP contribution in [0.25, 0.3) is 0 Å². The number of alkyl halides is 1. The second kappa shape index (κ2) is 8.12. The van der Waals surface area contributed by atoms with Crippen molar-refractivity contribution in [2.45, 2.75) is 38.5 Å². The Balaban J connectivity index is 1.76. The van der Waals surface area contributed by atoms with Crippen molar-refractivity contribution in [2.24, 2.45) is 0 Å². The zero-order valence-corrected chi connectivity index (χ0v) is 15.0. The molecular formula is C21H21FN2O3. The van der Waals surface area contributed by atoms with Gasteiger partial charge in [-0.3, -0.25) is 14.5 Å². The molecule has 3 rings (SSSR count). The molecule has 140 valence electrons. The predicted molar refractivity (Wildman–Crippen MR) is 98.4 cm³/mol. The van der Waals surface area contributed by atoms with Crippen LogP contribution in [0.15, 0.2) is 60.7 Å². The number of amides is 4. The summed E-state index contributed by atoms with van der Waals surface area (Å²) in [6.07, 6.45) is -1.98. The van der Waals surface area contributed by atoms with Crippen molar-refractivity contribution in [3.8, 4) is 0 Å².